The second-order valence-electron chi connectivity index (χ2n) is 25.0. The summed E-state index contributed by atoms with van der Waals surface area (Å²) in [6.07, 6.45) is -10.2. The summed E-state index contributed by atoms with van der Waals surface area (Å²) >= 11 is 0. The van der Waals surface area contributed by atoms with Crippen LogP contribution in [-0.2, 0) is 68.7 Å². The number of aliphatic hydroxyl groups is 4. The van der Waals surface area contributed by atoms with Crippen molar-refractivity contribution in [3.05, 3.63) is 71.8 Å². The first-order chi connectivity index (χ1) is 43.9. The molecule has 29 nitrogen and oxygen atoms in total. The maximum atomic E-state index is 14.9. The molecule has 6 rings (SSSR count). The van der Waals surface area contributed by atoms with E-state index >= 15 is 0 Å². The van der Waals surface area contributed by atoms with Gasteiger partial charge in [0.1, 0.15) is 42.8 Å². The number of carbonyl (C=O) groups is 10. The average molecular weight is 1310 g/mol. The second-order valence-corrected chi connectivity index (χ2v) is 25.0. The van der Waals surface area contributed by atoms with Crippen LogP contribution in [0.3, 0.4) is 0 Å². The summed E-state index contributed by atoms with van der Waals surface area (Å²) in [7, 11) is 5.89. The summed E-state index contributed by atoms with van der Waals surface area (Å²) < 4.78 is 28.8. The summed E-state index contributed by atoms with van der Waals surface area (Å²) in [4.78, 5) is 141. The summed E-state index contributed by atoms with van der Waals surface area (Å²) in [5.74, 6) is -8.52. The van der Waals surface area contributed by atoms with Crippen LogP contribution in [0, 0.1) is 23.7 Å². The van der Waals surface area contributed by atoms with E-state index in [1.807, 2.05) is 19.9 Å². The minimum atomic E-state index is -2.05. The molecular formula is C64H93N9O20. The van der Waals surface area contributed by atoms with E-state index in [9.17, 15) is 73.5 Å². The lowest BCUT2D eigenvalue weighted by Crippen LogP contribution is -2.76. The SMILES string of the molecule is CC[C@H](C)[C@@H]([C@@H](CC(=O)N1CCC[C@H]1[C@H](OC)[C@@H](C)C(=O)N[C@H](C)[C@@H](O)c1ccccc1)OC)N(C)C(=O)[C@@H](NC(=O)[C@H](C(C)C)N(C)C(=O)OCc1ccc(O[C@@H]2O[C@H](C(=O)O)[C@@H](O)[C@H](O)[C@H]2O)c(NC(=O)CCNC(=O)C2(N3C(=O)C=CC3=O)CNC2)c1)C(C)C. The molecule has 0 spiro atoms. The highest BCUT2D eigenvalue weighted by atomic mass is 16.7. The predicted molar refractivity (Wildman–Crippen MR) is 333 cm³/mol. The van der Waals surface area contributed by atoms with Gasteiger partial charge < -0.3 is 85.6 Å². The number of likely N-dealkylation sites (tertiary alicyclic amines) is 1. The van der Waals surface area contributed by atoms with Gasteiger partial charge in [-0.1, -0.05) is 91.3 Å². The molecule has 3 saturated heterocycles. The van der Waals surface area contributed by atoms with E-state index < -0.39 is 163 Å². The van der Waals surface area contributed by atoms with Crippen LogP contribution in [0.25, 0.3) is 0 Å². The normalized spacial score (nSPS) is 23.1. The first-order valence-electron chi connectivity index (χ1n) is 31.4. The number of ether oxygens (including phenoxy) is 5. The van der Waals surface area contributed by atoms with Gasteiger partial charge in [-0.15, -0.1) is 0 Å². The minimum Gasteiger partial charge on any atom is -0.479 e. The first kappa shape index (κ1) is 74.4. The Morgan fingerprint density at radius 3 is 2.05 bits per heavy atom. The molecule has 93 heavy (non-hydrogen) atoms. The van der Waals surface area contributed by atoms with E-state index in [-0.39, 0.29) is 60.8 Å². The maximum absolute atomic E-state index is 14.9. The fraction of sp³-hybridized carbons (Fsp3) is 0.625. The zero-order valence-electron chi connectivity index (χ0n) is 54.8. The van der Waals surface area contributed by atoms with Gasteiger partial charge in [0.2, 0.25) is 41.7 Å². The molecular weight excluding hydrogens is 1210 g/mol. The number of rotatable bonds is 31. The van der Waals surface area contributed by atoms with Gasteiger partial charge in [-0.3, -0.25) is 48.2 Å². The number of anilines is 1. The Balaban J connectivity index is 1.12. The Labute approximate surface area is 541 Å². The largest absolute Gasteiger partial charge is 0.479 e. The topological polar surface area (TPSA) is 391 Å². The lowest BCUT2D eigenvalue weighted by molar-refractivity contribution is -0.271. The minimum absolute atomic E-state index is 0.0257. The third-order valence-electron chi connectivity index (χ3n) is 17.9. The number of nitrogens with zero attached hydrogens (tertiary/aromatic N) is 4. The van der Waals surface area contributed by atoms with Crippen molar-refractivity contribution in [2.45, 2.75) is 179 Å². The smallest absolute Gasteiger partial charge is 0.410 e. The van der Waals surface area contributed by atoms with Crippen LogP contribution in [0.2, 0.25) is 0 Å². The number of methoxy groups -OCH3 is 2. The number of benzene rings is 2. The van der Waals surface area contributed by atoms with Gasteiger partial charge >= 0.3 is 12.1 Å². The number of likely N-dealkylation sites (N-methyl/N-ethyl adjacent to an activating group) is 2. The van der Waals surface area contributed by atoms with Gasteiger partial charge in [-0.05, 0) is 60.8 Å². The highest BCUT2D eigenvalue weighted by Gasteiger charge is 2.55. The number of hydrogen-bond acceptors (Lipinski definition) is 20. The molecule has 9 amide bonds. The Morgan fingerprint density at radius 2 is 1.48 bits per heavy atom. The number of aliphatic hydroxyl groups excluding tert-OH is 4. The number of amides is 9. The molecule has 29 heteroatoms. The van der Waals surface area contributed by atoms with Crippen molar-refractivity contribution < 1.29 is 97.2 Å². The second kappa shape index (κ2) is 33.0. The first-order valence-corrected chi connectivity index (χ1v) is 31.4. The summed E-state index contributed by atoms with van der Waals surface area (Å²) in [5, 5.41) is 66.0. The highest BCUT2D eigenvalue weighted by Crippen LogP contribution is 2.34. The van der Waals surface area contributed by atoms with Crippen molar-refractivity contribution in [3.63, 3.8) is 0 Å². The molecule has 0 aliphatic carbocycles. The third-order valence-corrected chi connectivity index (χ3v) is 17.9. The summed E-state index contributed by atoms with van der Waals surface area (Å²) in [6.45, 7) is 13.8. The van der Waals surface area contributed by atoms with Crippen LogP contribution in [-0.4, -0.2) is 238 Å². The van der Waals surface area contributed by atoms with E-state index in [1.165, 1.54) is 44.4 Å². The molecule has 0 radical (unpaired) electrons. The van der Waals surface area contributed by atoms with Crippen molar-refractivity contribution >= 4 is 65.0 Å². The Kier molecular flexibility index (Phi) is 26.4. The van der Waals surface area contributed by atoms with Crippen LogP contribution < -0.4 is 31.3 Å². The van der Waals surface area contributed by atoms with Gasteiger partial charge in [-0.25, -0.2) is 9.59 Å². The molecule has 4 heterocycles. The molecule has 0 saturated carbocycles. The van der Waals surface area contributed by atoms with Crippen LogP contribution in [0.1, 0.15) is 105 Å². The molecule has 0 aromatic heterocycles. The zero-order valence-corrected chi connectivity index (χ0v) is 54.8. The number of imide groups is 1. The average Bonchev–Trinajstić information content (AvgIpc) is 1.73. The van der Waals surface area contributed by atoms with Gasteiger partial charge in [0.05, 0.1) is 54.5 Å². The molecule has 2 aromatic rings. The van der Waals surface area contributed by atoms with Crippen LogP contribution in [0.5, 0.6) is 5.75 Å². The Bertz CT molecular complexity index is 3000. The van der Waals surface area contributed by atoms with E-state index in [0.29, 0.717) is 31.4 Å². The van der Waals surface area contributed by atoms with Crippen molar-refractivity contribution in [2.24, 2.45) is 23.7 Å². The van der Waals surface area contributed by atoms with Gasteiger partial charge in [0.25, 0.3) is 11.8 Å². The summed E-state index contributed by atoms with van der Waals surface area (Å²) in [6, 6.07) is 8.77. The molecule has 4 aliphatic heterocycles. The van der Waals surface area contributed by atoms with Gasteiger partial charge in [0.15, 0.2) is 11.6 Å². The molecule has 0 bridgehead atoms. The highest BCUT2D eigenvalue weighted by molar-refractivity contribution is 6.16. The number of aliphatic carboxylic acids is 1. The van der Waals surface area contributed by atoms with Gasteiger partial charge in [0, 0.05) is 73.1 Å². The third kappa shape index (κ3) is 17.4. The van der Waals surface area contributed by atoms with E-state index in [0.717, 1.165) is 22.0 Å². The van der Waals surface area contributed by atoms with E-state index in [1.54, 1.807) is 77.8 Å². The fourth-order valence-electron chi connectivity index (χ4n) is 12.4. The Hall–Kier alpha value is -7.64. The molecule has 4 aliphatic rings. The number of carbonyl (C=O) groups excluding carboxylic acids is 9. The van der Waals surface area contributed by atoms with Crippen molar-refractivity contribution in [2.75, 3.05) is 59.8 Å². The standard InChI is InChI=1S/C64H93N9O20/c1-13-35(6)50(43(89-11)29-47(77)72-27-17-20-41(72)55(90-12)36(7)57(82)67-37(8)51(78)39-18-15-14-16-19-39)70(9)59(84)48(33(2)3)69-58(83)49(34(4)5)71(10)63(88)91-30-38-21-22-42(92-61-54(81)52(79)53(80)56(93-61)60(85)86)40(28-38)68-44(74)25-26-66-62(87)64(31-65-32-64)73-45(75)23-24-46(73)76/h14-16,18-19,21-24,28,33-37,41,43,48-56,61,65,78-81H,13,17,20,25-27,29-32H2,1-12H3,(H,66,87)(H,67,82)(H,68,74)(H,69,83)(H,85,86)/t35-,36+,37+,41-,43+,48-,49-,50-,51+,52-,53-,54+,55+,56-,61+/m0/s1. The lowest BCUT2D eigenvalue weighted by Gasteiger charge is -2.46. The van der Waals surface area contributed by atoms with E-state index in [2.05, 4.69) is 26.6 Å². The molecule has 15 atom stereocenters. The van der Waals surface area contributed by atoms with Crippen molar-refractivity contribution in [3.8, 4) is 5.75 Å². The van der Waals surface area contributed by atoms with Crippen molar-refractivity contribution in [1.82, 2.24) is 40.9 Å². The number of carboxylic acid groups (broad SMARTS) is 1. The monoisotopic (exact) mass is 1310 g/mol. The van der Waals surface area contributed by atoms with Gasteiger partial charge in [-0.2, -0.15) is 0 Å². The molecule has 0 unspecified atom stereocenters. The molecule has 514 valence electrons. The van der Waals surface area contributed by atoms with Crippen molar-refractivity contribution in [1.29, 1.82) is 0 Å². The van der Waals surface area contributed by atoms with E-state index in [4.69, 9.17) is 23.7 Å². The van der Waals surface area contributed by atoms with Crippen LogP contribution in [0.4, 0.5) is 10.5 Å². The number of nitrogens with one attached hydrogen (secondary N) is 5. The molecule has 3 fully saturated rings. The summed E-state index contributed by atoms with van der Waals surface area (Å²) in [5.41, 5.74) is -0.838. The molecule has 2 aromatic carbocycles. The molecule has 10 N–H and O–H groups in total. The number of hydrogen-bond donors (Lipinski definition) is 10. The lowest BCUT2D eigenvalue weighted by atomic mass is 9.89. The van der Waals surface area contributed by atoms with Crippen LogP contribution >= 0.6 is 0 Å². The van der Waals surface area contributed by atoms with Crippen LogP contribution in [0.15, 0.2) is 60.7 Å². The fourth-order valence-corrected chi connectivity index (χ4v) is 12.4. The maximum Gasteiger partial charge on any atom is 0.410 e. The zero-order chi connectivity index (χ0) is 68.9. The Morgan fingerprint density at radius 1 is 0.828 bits per heavy atom. The number of carboxylic acids is 1. The predicted octanol–water partition coefficient (Wildman–Crippen LogP) is 0.562. The quantitative estimate of drug-likeness (QED) is 0.0461.